The van der Waals surface area contributed by atoms with Crippen LogP contribution in [0.4, 0.5) is 0 Å². The summed E-state index contributed by atoms with van der Waals surface area (Å²) in [5, 5.41) is 0. The van der Waals surface area contributed by atoms with Gasteiger partial charge in [0.1, 0.15) is 0 Å². The number of aryl methyl sites for hydroxylation is 1. The topological polar surface area (TPSA) is 85.5 Å². The molecule has 3 rings (SSSR count). The maximum absolute atomic E-state index is 13.1. The molecule has 1 aliphatic rings. The van der Waals surface area contributed by atoms with Crippen molar-refractivity contribution in [2.45, 2.75) is 38.6 Å². The minimum Gasteiger partial charge on any atom is -0.481 e. The molecular weight excluding hydrogens is 342 g/mol. The first-order valence-corrected chi connectivity index (χ1v) is 9.20. The van der Waals surface area contributed by atoms with Crippen LogP contribution in [0.3, 0.4) is 0 Å². The van der Waals surface area contributed by atoms with Crippen molar-refractivity contribution in [2.75, 3.05) is 13.7 Å². The molecule has 0 bridgehead atoms. The Bertz CT molecular complexity index is 850. The van der Waals surface area contributed by atoms with Crippen LogP contribution in [-0.2, 0) is 4.79 Å². The van der Waals surface area contributed by atoms with Gasteiger partial charge in [0.25, 0.3) is 5.91 Å². The predicted molar refractivity (Wildman–Crippen MR) is 103 cm³/mol. The van der Waals surface area contributed by atoms with E-state index in [-0.39, 0.29) is 24.3 Å². The van der Waals surface area contributed by atoms with Crippen molar-refractivity contribution < 1.29 is 14.3 Å². The molecule has 0 radical (unpaired) electrons. The lowest BCUT2D eigenvalue weighted by atomic mass is 9.96. The number of benzene rings is 1. The molecule has 6 nitrogen and oxygen atoms in total. The number of hydrogen-bond acceptors (Lipinski definition) is 4. The molecule has 1 aromatic carbocycles. The highest BCUT2D eigenvalue weighted by molar-refractivity contribution is 5.96. The zero-order valence-electron chi connectivity index (χ0n) is 15.8. The third-order valence-corrected chi connectivity index (χ3v) is 5.04. The number of ether oxygens (including phenoxy) is 1. The van der Waals surface area contributed by atoms with E-state index in [1.165, 1.54) is 0 Å². The molecule has 0 aliphatic carbocycles. The number of carbonyl (C=O) groups is 2. The molecule has 2 aromatic rings. The molecule has 27 heavy (non-hydrogen) atoms. The van der Waals surface area contributed by atoms with Gasteiger partial charge in [0.05, 0.1) is 7.11 Å². The number of nitrogens with two attached hydrogens (primary N) is 1. The highest BCUT2D eigenvalue weighted by Crippen LogP contribution is 2.27. The second kappa shape index (κ2) is 8.20. The molecule has 2 heterocycles. The third-order valence-electron chi connectivity index (χ3n) is 5.04. The summed E-state index contributed by atoms with van der Waals surface area (Å²) in [6.45, 7) is 2.64. The van der Waals surface area contributed by atoms with Gasteiger partial charge in [-0.05, 0) is 49.4 Å². The fraction of sp³-hybridized carbons (Fsp3) is 0.381. The van der Waals surface area contributed by atoms with E-state index < -0.39 is 0 Å². The summed E-state index contributed by atoms with van der Waals surface area (Å²) in [7, 11) is 1.59. The van der Waals surface area contributed by atoms with Crippen LogP contribution in [0, 0.1) is 6.92 Å². The number of rotatable bonds is 5. The van der Waals surface area contributed by atoms with Crippen LogP contribution in [0.1, 0.15) is 41.6 Å². The maximum atomic E-state index is 13.1. The van der Waals surface area contributed by atoms with Crippen molar-refractivity contribution in [3.8, 4) is 17.0 Å². The van der Waals surface area contributed by atoms with E-state index in [1.54, 1.807) is 18.2 Å². The van der Waals surface area contributed by atoms with E-state index in [2.05, 4.69) is 4.98 Å². The van der Waals surface area contributed by atoms with Gasteiger partial charge in [-0.15, -0.1) is 0 Å². The van der Waals surface area contributed by atoms with Gasteiger partial charge in [0, 0.05) is 42.4 Å². The number of nitrogens with zero attached hydrogens (tertiary/aromatic N) is 2. The summed E-state index contributed by atoms with van der Waals surface area (Å²) in [5.41, 5.74) is 8.89. The van der Waals surface area contributed by atoms with Crippen LogP contribution in [0.15, 0.2) is 36.5 Å². The number of methoxy groups -OCH3 is 1. The minimum atomic E-state index is -0.367. The number of pyridine rings is 1. The highest BCUT2D eigenvalue weighted by Gasteiger charge is 2.28. The number of piperidine rings is 1. The molecular formula is C21H25N3O3. The van der Waals surface area contributed by atoms with Gasteiger partial charge in [-0.2, -0.15) is 0 Å². The zero-order valence-corrected chi connectivity index (χ0v) is 15.8. The Morgan fingerprint density at radius 3 is 2.81 bits per heavy atom. The first-order chi connectivity index (χ1) is 13.0. The van der Waals surface area contributed by atoms with Gasteiger partial charge in [-0.25, -0.2) is 4.98 Å². The monoisotopic (exact) mass is 367 g/mol. The largest absolute Gasteiger partial charge is 0.481 e. The van der Waals surface area contributed by atoms with E-state index in [4.69, 9.17) is 10.5 Å². The number of likely N-dealkylation sites (tertiary alicyclic amines) is 1. The summed E-state index contributed by atoms with van der Waals surface area (Å²) in [6.07, 6.45) is 4.75. The predicted octanol–water partition coefficient (Wildman–Crippen LogP) is 2.94. The Kier molecular flexibility index (Phi) is 5.74. The lowest BCUT2D eigenvalue weighted by molar-refractivity contribution is -0.119. The maximum Gasteiger partial charge on any atom is 0.254 e. The quantitative estimate of drug-likeness (QED) is 0.880. The van der Waals surface area contributed by atoms with Crippen LogP contribution in [0.25, 0.3) is 11.1 Å². The lowest BCUT2D eigenvalue weighted by Gasteiger charge is -2.35. The van der Waals surface area contributed by atoms with Crippen LogP contribution >= 0.6 is 0 Å². The molecule has 1 fully saturated rings. The van der Waals surface area contributed by atoms with Crippen molar-refractivity contribution in [2.24, 2.45) is 5.73 Å². The van der Waals surface area contributed by atoms with Crippen molar-refractivity contribution >= 4 is 11.8 Å². The van der Waals surface area contributed by atoms with E-state index in [1.807, 2.05) is 37.3 Å². The van der Waals surface area contributed by atoms with E-state index in [0.717, 1.165) is 36.0 Å². The van der Waals surface area contributed by atoms with Gasteiger partial charge in [-0.3, -0.25) is 9.59 Å². The minimum absolute atomic E-state index is 0.0538. The number of primary amides is 1. The van der Waals surface area contributed by atoms with Crippen molar-refractivity contribution in [3.63, 3.8) is 0 Å². The van der Waals surface area contributed by atoms with Gasteiger partial charge in [0.2, 0.25) is 11.8 Å². The Hall–Kier alpha value is -2.89. The van der Waals surface area contributed by atoms with E-state index in [0.29, 0.717) is 18.0 Å². The van der Waals surface area contributed by atoms with E-state index >= 15 is 0 Å². The van der Waals surface area contributed by atoms with E-state index in [9.17, 15) is 9.59 Å². The standard InChI is InChI=1S/C21H25N3O3/c1-14-10-20(27-2)23-13-18(14)15-6-5-7-16(11-15)21(26)24-9-4-3-8-17(24)12-19(22)25/h5-7,10-11,13,17H,3-4,8-9,12H2,1-2H3,(H2,22,25). The molecule has 2 N–H and O–H groups in total. The van der Waals surface area contributed by atoms with Crippen molar-refractivity contribution in [1.82, 2.24) is 9.88 Å². The fourth-order valence-corrected chi connectivity index (χ4v) is 3.64. The van der Waals surface area contributed by atoms with Crippen LogP contribution in [0.5, 0.6) is 5.88 Å². The number of amides is 2. The molecule has 0 spiro atoms. The molecule has 1 aliphatic heterocycles. The van der Waals surface area contributed by atoms with Gasteiger partial charge >= 0.3 is 0 Å². The Morgan fingerprint density at radius 1 is 1.30 bits per heavy atom. The first kappa shape index (κ1) is 18.9. The Labute approximate surface area is 159 Å². The van der Waals surface area contributed by atoms with Crippen molar-refractivity contribution in [1.29, 1.82) is 0 Å². The molecule has 2 amide bonds. The Balaban J connectivity index is 1.88. The Morgan fingerprint density at radius 2 is 2.11 bits per heavy atom. The highest BCUT2D eigenvalue weighted by atomic mass is 16.5. The summed E-state index contributed by atoms with van der Waals surface area (Å²) in [5.74, 6) is 0.140. The summed E-state index contributed by atoms with van der Waals surface area (Å²) in [4.78, 5) is 30.5. The summed E-state index contributed by atoms with van der Waals surface area (Å²) in [6, 6.07) is 9.29. The van der Waals surface area contributed by atoms with Crippen LogP contribution in [0.2, 0.25) is 0 Å². The van der Waals surface area contributed by atoms with Gasteiger partial charge < -0.3 is 15.4 Å². The van der Waals surface area contributed by atoms with Crippen LogP contribution in [-0.4, -0.2) is 41.4 Å². The fourth-order valence-electron chi connectivity index (χ4n) is 3.64. The lowest BCUT2D eigenvalue weighted by Crippen LogP contribution is -2.45. The number of hydrogen-bond donors (Lipinski definition) is 1. The molecule has 1 saturated heterocycles. The molecule has 6 heteroatoms. The zero-order chi connectivity index (χ0) is 19.4. The molecule has 1 atom stereocenters. The molecule has 1 aromatic heterocycles. The molecule has 142 valence electrons. The van der Waals surface area contributed by atoms with Gasteiger partial charge in [0.15, 0.2) is 0 Å². The normalized spacial score (nSPS) is 16.8. The molecule has 0 saturated carbocycles. The average molecular weight is 367 g/mol. The SMILES string of the molecule is COc1cc(C)c(-c2cccc(C(=O)N3CCCCC3CC(N)=O)c2)cn1. The molecule has 1 unspecified atom stereocenters. The summed E-state index contributed by atoms with van der Waals surface area (Å²) < 4.78 is 5.16. The second-order valence-electron chi connectivity index (χ2n) is 6.94. The van der Waals surface area contributed by atoms with Crippen molar-refractivity contribution in [3.05, 3.63) is 47.7 Å². The first-order valence-electron chi connectivity index (χ1n) is 9.20. The number of aromatic nitrogens is 1. The average Bonchev–Trinajstić information content (AvgIpc) is 2.67. The number of carbonyl (C=O) groups excluding carboxylic acids is 2. The van der Waals surface area contributed by atoms with Gasteiger partial charge in [-0.1, -0.05) is 12.1 Å². The second-order valence-corrected chi connectivity index (χ2v) is 6.94. The third kappa shape index (κ3) is 4.27. The van der Waals surface area contributed by atoms with Crippen LogP contribution < -0.4 is 10.5 Å². The summed E-state index contributed by atoms with van der Waals surface area (Å²) >= 11 is 0. The smallest absolute Gasteiger partial charge is 0.254 e.